The maximum absolute atomic E-state index is 11.7. The fraction of sp³-hybridized carbons (Fsp3) is 0.500. The number of amides is 2. The molecule has 19 heavy (non-hydrogen) atoms. The number of carbonyl (C=O) groups is 2. The Kier molecular flexibility index (Phi) is 4.35. The molecule has 1 aromatic carbocycles. The average molecular weight is 259 g/mol. The van der Waals surface area contributed by atoms with Gasteiger partial charge in [0.1, 0.15) is 0 Å². The van der Waals surface area contributed by atoms with Crippen LogP contribution in [0.15, 0.2) is 24.3 Å². The molecule has 2 rings (SSSR count). The third-order valence-electron chi connectivity index (χ3n) is 3.65. The molecule has 0 atom stereocenters. The summed E-state index contributed by atoms with van der Waals surface area (Å²) in [6, 6.07) is 8.43. The number of rotatable bonds is 4. The number of piperidine rings is 1. The average Bonchev–Trinajstić information content (AvgIpc) is 2.38. The van der Waals surface area contributed by atoms with Crippen LogP contribution in [0, 0.1) is 0 Å². The fourth-order valence-electron chi connectivity index (χ4n) is 2.36. The van der Waals surface area contributed by atoms with Gasteiger partial charge in [-0.1, -0.05) is 38.1 Å². The third-order valence-corrected chi connectivity index (χ3v) is 3.65. The molecule has 1 aliphatic heterocycles. The van der Waals surface area contributed by atoms with E-state index in [1.54, 1.807) is 0 Å². The van der Waals surface area contributed by atoms with Gasteiger partial charge in [0, 0.05) is 19.4 Å². The van der Waals surface area contributed by atoms with Crippen molar-refractivity contribution in [2.45, 2.75) is 45.4 Å². The van der Waals surface area contributed by atoms with Gasteiger partial charge in [-0.25, -0.2) is 0 Å². The summed E-state index contributed by atoms with van der Waals surface area (Å²) < 4.78 is 0. The normalized spacial score (nSPS) is 16.3. The lowest BCUT2D eigenvalue weighted by Crippen LogP contribution is -2.41. The zero-order valence-corrected chi connectivity index (χ0v) is 11.7. The van der Waals surface area contributed by atoms with Crippen molar-refractivity contribution in [1.29, 1.82) is 0 Å². The van der Waals surface area contributed by atoms with E-state index in [-0.39, 0.29) is 11.8 Å². The summed E-state index contributed by atoms with van der Waals surface area (Å²) in [4.78, 5) is 24.8. The van der Waals surface area contributed by atoms with Crippen LogP contribution in [0.3, 0.4) is 0 Å². The summed E-state index contributed by atoms with van der Waals surface area (Å²) in [7, 11) is 0. The first-order chi connectivity index (χ1) is 9.08. The van der Waals surface area contributed by atoms with E-state index in [4.69, 9.17) is 0 Å². The van der Waals surface area contributed by atoms with E-state index in [2.05, 4.69) is 38.1 Å². The molecule has 1 saturated heterocycles. The first-order valence-corrected chi connectivity index (χ1v) is 7.00. The number of hydrogen-bond acceptors (Lipinski definition) is 2. The predicted octanol–water partition coefficient (Wildman–Crippen LogP) is 2.89. The molecule has 3 heteroatoms. The molecule has 1 heterocycles. The highest BCUT2D eigenvalue weighted by Gasteiger charge is 2.25. The Morgan fingerprint density at radius 1 is 1.05 bits per heavy atom. The van der Waals surface area contributed by atoms with Crippen LogP contribution in [-0.4, -0.2) is 23.3 Å². The Balaban J connectivity index is 1.94. The smallest absolute Gasteiger partial charge is 0.229 e. The van der Waals surface area contributed by atoms with Gasteiger partial charge in [0.15, 0.2) is 0 Å². The van der Waals surface area contributed by atoms with Crippen molar-refractivity contribution in [3.63, 3.8) is 0 Å². The van der Waals surface area contributed by atoms with E-state index in [1.165, 1.54) is 16.0 Å². The van der Waals surface area contributed by atoms with E-state index in [9.17, 15) is 9.59 Å². The minimum absolute atomic E-state index is 0.0185. The fourth-order valence-corrected chi connectivity index (χ4v) is 2.36. The molecular weight excluding hydrogens is 238 g/mol. The van der Waals surface area contributed by atoms with Crippen LogP contribution in [0.2, 0.25) is 0 Å². The van der Waals surface area contributed by atoms with Gasteiger partial charge < -0.3 is 0 Å². The van der Waals surface area contributed by atoms with Crippen molar-refractivity contribution < 1.29 is 9.59 Å². The second-order valence-corrected chi connectivity index (χ2v) is 5.44. The largest absolute Gasteiger partial charge is 0.282 e. The first kappa shape index (κ1) is 13.8. The summed E-state index contributed by atoms with van der Waals surface area (Å²) in [5.41, 5.74) is 2.49. The molecule has 2 amide bonds. The monoisotopic (exact) mass is 259 g/mol. The highest BCUT2D eigenvalue weighted by molar-refractivity contribution is 5.97. The van der Waals surface area contributed by atoms with Crippen molar-refractivity contribution in [3.05, 3.63) is 35.4 Å². The SMILES string of the molecule is CC(C)c1ccc(CCN2C(=O)CCCC2=O)cc1. The topological polar surface area (TPSA) is 37.4 Å². The molecule has 0 spiro atoms. The molecule has 1 fully saturated rings. The number of benzene rings is 1. The summed E-state index contributed by atoms with van der Waals surface area (Å²) >= 11 is 0. The molecule has 0 bridgehead atoms. The van der Waals surface area contributed by atoms with Crippen LogP contribution in [0.25, 0.3) is 0 Å². The summed E-state index contributed by atoms with van der Waals surface area (Å²) in [6.07, 6.45) is 2.48. The summed E-state index contributed by atoms with van der Waals surface area (Å²) in [5, 5.41) is 0. The second-order valence-electron chi connectivity index (χ2n) is 5.44. The lowest BCUT2D eigenvalue weighted by atomic mass is 10.0. The summed E-state index contributed by atoms with van der Waals surface area (Å²) in [6.45, 7) is 4.85. The van der Waals surface area contributed by atoms with Crippen molar-refractivity contribution in [3.8, 4) is 0 Å². The van der Waals surface area contributed by atoms with Gasteiger partial charge in [-0.3, -0.25) is 14.5 Å². The third kappa shape index (κ3) is 3.43. The Labute approximate surface area is 114 Å². The first-order valence-electron chi connectivity index (χ1n) is 7.00. The van der Waals surface area contributed by atoms with Gasteiger partial charge in [0.25, 0.3) is 0 Å². The van der Waals surface area contributed by atoms with Crippen LogP contribution < -0.4 is 0 Å². The number of carbonyl (C=O) groups excluding carboxylic acids is 2. The number of likely N-dealkylation sites (tertiary alicyclic amines) is 1. The van der Waals surface area contributed by atoms with Gasteiger partial charge in [-0.15, -0.1) is 0 Å². The molecule has 1 aliphatic rings. The number of imide groups is 1. The number of nitrogens with zero attached hydrogens (tertiary/aromatic N) is 1. The lowest BCUT2D eigenvalue weighted by Gasteiger charge is -2.24. The van der Waals surface area contributed by atoms with E-state index < -0.39 is 0 Å². The van der Waals surface area contributed by atoms with Crippen molar-refractivity contribution in [2.24, 2.45) is 0 Å². The molecule has 0 N–H and O–H groups in total. The van der Waals surface area contributed by atoms with Gasteiger partial charge in [0.2, 0.25) is 11.8 Å². The lowest BCUT2D eigenvalue weighted by molar-refractivity contribution is -0.147. The Morgan fingerprint density at radius 3 is 2.16 bits per heavy atom. The molecule has 0 aliphatic carbocycles. The highest BCUT2D eigenvalue weighted by atomic mass is 16.2. The van der Waals surface area contributed by atoms with E-state index in [0.717, 1.165) is 6.42 Å². The quantitative estimate of drug-likeness (QED) is 0.780. The number of hydrogen-bond donors (Lipinski definition) is 0. The van der Waals surface area contributed by atoms with E-state index in [0.29, 0.717) is 31.7 Å². The molecule has 0 aromatic heterocycles. The van der Waals surface area contributed by atoms with Gasteiger partial charge >= 0.3 is 0 Å². The molecular formula is C16H21NO2. The molecule has 0 radical (unpaired) electrons. The van der Waals surface area contributed by atoms with Crippen LogP contribution >= 0.6 is 0 Å². The van der Waals surface area contributed by atoms with Crippen LogP contribution in [0.5, 0.6) is 0 Å². The van der Waals surface area contributed by atoms with Crippen LogP contribution in [0.4, 0.5) is 0 Å². The zero-order chi connectivity index (χ0) is 13.8. The second kappa shape index (κ2) is 6.00. The predicted molar refractivity (Wildman–Crippen MR) is 74.8 cm³/mol. The zero-order valence-electron chi connectivity index (χ0n) is 11.7. The standard InChI is InChI=1S/C16H21NO2/c1-12(2)14-8-6-13(7-9-14)10-11-17-15(18)4-3-5-16(17)19/h6-9,12H,3-5,10-11H2,1-2H3. The Hall–Kier alpha value is -1.64. The van der Waals surface area contributed by atoms with Crippen molar-refractivity contribution >= 4 is 11.8 Å². The van der Waals surface area contributed by atoms with Gasteiger partial charge in [-0.2, -0.15) is 0 Å². The van der Waals surface area contributed by atoms with E-state index >= 15 is 0 Å². The van der Waals surface area contributed by atoms with Crippen molar-refractivity contribution in [1.82, 2.24) is 4.90 Å². The minimum atomic E-state index is -0.0185. The van der Waals surface area contributed by atoms with Crippen LogP contribution in [0.1, 0.15) is 50.2 Å². The maximum atomic E-state index is 11.7. The minimum Gasteiger partial charge on any atom is -0.282 e. The summed E-state index contributed by atoms with van der Waals surface area (Å²) in [5.74, 6) is 0.490. The molecule has 0 unspecified atom stereocenters. The molecule has 3 nitrogen and oxygen atoms in total. The maximum Gasteiger partial charge on any atom is 0.229 e. The Bertz CT molecular complexity index is 446. The molecule has 1 aromatic rings. The van der Waals surface area contributed by atoms with Gasteiger partial charge in [0.05, 0.1) is 0 Å². The van der Waals surface area contributed by atoms with Crippen LogP contribution in [-0.2, 0) is 16.0 Å². The Morgan fingerprint density at radius 2 is 1.63 bits per heavy atom. The highest BCUT2D eigenvalue weighted by Crippen LogP contribution is 2.16. The van der Waals surface area contributed by atoms with E-state index in [1.807, 2.05) is 0 Å². The molecule has 0 saturated carbocycles. The molecule has 102 valence electrons. The van der Waals surface area contributed by atoms with Gasteiger partial charge in [-0.05, 0) is 29.9 Å². The van der Waals surface area contributed by atoms with Crippen molar-refractivity contribution in [2.75, 3.05) is 6.54 Å².